The minimum Gasteiger partial charge on any atom is -0.356 e. The van der Waals surface area contributed by atoms with E-state index in [1.54, 1.807) is 0 Å². The number of amides is 1. The molecule has 0 saturated heterocycles. The molecule has 3 rings (SSSR count). The average molecular weight is 375 g/mol. The van der Waals surface area contributed by atoms with Gasteiger partial charge in [-0.1, -0.05) is 35.9 Å². The monoisotopic (exact) mass is 375 g/mol. The molecule has 2 aromatic carbocycles. The molecule has 0 aliphatic heterocycles. The quantitative estimate of drug-likeness (QED) is 0.609. The predicted octanol–water partition coefficient (Wildman–Crippen LogP) is 3.81. The molecular weight excluding hydrogens is 350 g/mol. The number of rotatable bonds is 8. The molecule has 0 atom stereocenters. The summed E-state index contributed by atoms with van der Waals surface area (Å²) >= 11 is 0. The van der Waals surface area contributed by atoms with Gasteiger partial charge in [-0.2, -0.15) is 5.10 Å². The van der Waals surface area contributed by atoms with Crippen LogP contribution in [-0.2, 0) is 11.2 Å². The van der Waals surface area contributed by atoms with E-state index in [0.29, 0.717) is 18.5 Å². The Hall–Kier alpha value is -3.21. The van der Waals surface area contributed by atoms with Crippen LogP contribution in [0.1, 0.15) is 39.9 Å². The van der Waals surface area contributed by atoms with Crippen LogP contribution in [0.2, 0.25) is 0 Å². The maximum absolute atomic E-state index is 12.4. The number of ketones is 1. The molecule has 1 aromatic heterocycles. The first-order valence-corrected chi connectivity index (χ1v) is 9.49. The van der Waals surface area contributed by atoms with E-state index in [0.717, 1.165) is 22.4 Å². The van der Waals surface area contributed by atoms with Crippen LogP contribution in [0.3, 0.4) is 0 Å². The summed E-state index contributed by atoms with van der Waals surface area (Å²) in [5.74, 6) is -0.0883. The van der Waals surface area contributed by atoms with Crippen LogP contribution < -0.4 is 5.32 Å². The number of nitrogens with one attached hydrogen (secondary N) is 1. The number of aromatic nitrogens is 2. The highest BCUT2D eigenvalue weighted by Crippen LogP contribution is 2.14. The molecule has 1 heterocycles. The van der Waals surface area contributed by atoms with E-state index in [2.05, 4.69) is 10.4 Å². The zero-order valence-corrected chi connectivity index (χ0v) is 16.3. The Balaban J connectivity index is 1.43. The molecule has 5 nitrogen and oxygen atoms in total. The highest BCUT2D eigenvalue weighted by atomic mass is 16.2. The fourth-order valence-corrected chi connectivity index (χ4v) is 3.04. The summed E-state index contributed by atoms with van der Waals surface area (Å²) in [5.41, 5.74) is 4.76. The van der Waals surface area contributed by atoms with Crippen molar-refractivity contribution in [1.82, 2.24) is 15.1 Å². The standard InChI is InChI=1S/C23H25N3O2/c1-17-8-9-18(2)21(14-17)22(27)10-11-23(28)24-13-12-19-15-25-26(16-19)20-6-4-3-5-7-20/h3-9,14-16H,10-13H2,1-2H3,(H,24,28). The van der Waals surface area contributed by atoms with Gasteiger partial charge in [0.2, 0.25) is 5.91 Å². The van der Waals surface area contributed by atoms with Gasteiger partial charge in [0, 0.05) is 31.1 Å². The van der Waals surface area contributed by atoms with E-state index >= 15 is 0 Å². The second kappa shape index (κ2) is 9.13. The fourth-order valence-electron chi connectivity index (χ4n) is 3.04. The fraction of sp³-hybridized carbons (Fsp3) is 0.261. The molecular formula is C23H25N3O2. The minimum absolute atomic E-state index is 0.0143. The van der Waals surface area contributed by atoms with Crippen LogP contribution in [0.25, 0.3) is 5.69 Å². The Morgan fingerprint density at radius 2 is 1.82 bits per heavy atom. The van der Waals surface area contributed by atoms with Gasteiger partial charge in [0.1, 0.15) is 0 Å². The van der Waals surface area contributed by atoms with Gasteiger partial charge in [-0.15, -0.1) is 0 Å². The maximum atomic E-state index is 12.4. The molecule has 5 heteroatoms. The Kier molecular flexibility index (Phi) is 6.37. The number of Topliss-reactive ketones (excluding diaryl/α,β-unsaturated/α-hetero) is 1. The lowest BCUT2D eigenvalue weighted by atomic mass is 9.99. The van der Waals surface area contributed by atoms with E-state index < -0.39 is 0 Å². The van der Waals surface area contributed by atoms with Crippen molar-refractivity contribution >= 4 is 11.7 Å². The molecule has 0 spiro atoms. The van der Waals surface area contributed by atoms with Gasteiger partial charge in [-0.05, 0) is 49.6 Å². The van der Waals surface area contributed by atoms with Gasteiger partial charge in [0.05, 0.1) is 11.9 Å². The number of hydrogen-bond donors (Lipinski definition) is 1. The van der Waals surface area contributed by atoms with E-state index in [1.807, 2.05) is 79.5 Å². The molecule has 0 fully saturated rings. The van der Waals surface area contributed by atoms with Crippen LogP contribution in [0.4, 0.5) is 0 Å². The number of carbonyl (C=O) groups excluding carboxylic acids is 2. The van der Waals surface area contributed by atoms with Crippen molar-refractivity contribution < 1.29 is 9.59 Å². The van der Waals surface area contributed by atoms with Gasteiger partial charge < -0.3 is 5.32 Å². The first kappa shape index (κ1) is 19.5. The summed E-state index contributed by atoms with van der Waals surface area (Å²) in [6, 6.07) is 15.7. The third-order valence-electron chi connectivity index (χ3n) is 4.67. The summed E-state index contributed by atoms with van der Waals surface area (Å²) in [6.07, 6.45) is 4.90. The van der Waals surface area contributed by atoms with Crippen molar-refractivity contribution in [2.45, 2.75) is 33.1 Å². The Bertz CT molecular complexity index is 961. The normalized spacial score (nSPS) is 10.6. The minimum atomic E-state index is -0.103. The number of aryl methyl sites for hydroxylation is 2. The summed E-state index contributed by atoms with van der Waals surface area (Å²) in [7, 11) is 0. The number of para-hydroxylation sites is 1. The molecule has 0 unspecified atom stereocenters. The third-order valence-corrected chi connectivity index (χ3v) is 4.67. The van der Waals surface area contributed by atoms with Gasteiger partial charge >= 0.3 is 0 Å². The van der Waals surface area contributed by atoms with Crippen molar-refractivity contribution in [3.8, 4) is 5.69 Å². The lowest BCUT2D eigenvalue weighted by Gasteiger charge is -2.07. The molecule has 0 bridgehead atoms. The zero-order chi connectivity index (χ0) is 19.9. The third kappa shape index (κ3) is 5.16. The predicted molar refractivity (Wildman–Crippen MR) is 110 cm³/mol. The topological polar surface area (TPSA) is 64.0 Å². The summed E-state index contributed by atoms with van der Waals surface area (Å²) in [4.78, 5) is 24.4. The van der Waals surface area contributed by atoms with Gasteiger partial charge in [-0.3, -0.25) is 9.59 Å². The zero-order valence-electron chi connectivity index (χ0n) is 16.3. The van der Waals surface area contributed by atoms with E-state index in [-0.39, 0.29) is 24.5 Å². The van der Waals surface area contributed by atoms with Crippen LogP contribution in [0.5, 0.6) is 0 Å². The summed E-state index contributed by atoms with van der Waals surface area (Å²) < 4.78 is 1.82. The van der Waals surface area contributed by atoms with Gasteiger partial charge in [0.25, 0.3) is 0 Å². The Labute approximate surface area is 165 Å². The van der Waals surface area contributed by atoms with Crippen LogP contribution in [0.15, 0.2) is 60.9 Å². The smallest absolute Gasteiger partial charge is 0.220 e. The molecule has 0 saturated carbocycles. The second-order valence-corrected chi connectivity index (χ2v) is 6.97. The highest BCUT2D eigenvalue weighted by Gasteiger charge is 2.12. The van der Waals surface area contributed by atoms with Gasteiger partial charge in [-0.25, -0.2) is 4.68 Å². The first-order chi connectivity index (χ1) is 13.5. The first-order valence-electron chi connectivity index (χ1n) is 9.49. The van der Waals surface area contributed by atoms with Crippen molar-refractivity contribution in [3.05, 3.63) is 83.2 Å². The second-order valence-electron chi connectivity index (χ2n) is 6.97. The molecule has 3 aromatic rings. The Morgan fingerprint density at radius 1 is 1.04 bits per heavy atom. The lowest BCUT2D eigenvalue weighted by Crippen LogP contribution is -2.26. The van der Waals surface area contributed by atoms with Crippen LogP contribution in [-0.4, -0.2) is 28.0 Å². The SMILES string of the molecule is Cc1ccc(C)c(C(=O)CCC(=O)NCCc2cnn(-c3ccccc3)c2)c1. The molecule has 28 heavy (non-hydrogen) atoms. The van der Waals surface area contributed by atoms with Crippen molar-refractivity contribution in [2.24, 2.45) is 0 Å². The highest BCUT2D eigenvalue weighted by molar-refractivity contribution is 5.99. The number of nitrogens with zero attached hydrogens (tertiary/aromatic N) is 2. The van der Waals surface area contributed by atoms with Crippen LogP contribution in [0, 0.1) is 13.8 Å². The summed E-state index contributed by atoms with van der Waals surface area (Å²) in [6.45, 7) is 4.40. The van der Waals surface area contributed by atoms with Crippen molar-refractivity contribution in [2.75, 3.05) is 6.54 Å². The molecule has 1 N–H and O–H groups in total. The molecule has 0 aliphatic rings. The number of benzene rings is 2. The molecule has 0 aliphatic carbocycles. The van der Waals surface area contributed by atoms with Crippen molar-refractivity contribution in [3.63, 3.8) is 0 Å². The van der Waals surface area contributed by atoms with E-state index in [9.17, 15) is 9.59 Å². The van der Waals surface area contributed by atoms with E-state index in [4.69, 9.17) is 0 Å². The Morgan fingerprint density at radius 3 is 2.61 bits per heavy atom. The average Bonchev–Trinajstić information content (AvgIpc) is 3.17. The van der Waals surface area contributed by atoms with Gasteiger partial charge in [0.15, 0.2) is 5.78 Å². The molecule has 1 amide bonds. The number of carbonyl (C=O) groups is 2. The molecule has 144 valence electrons. The van der Waals surface area contributed by atoms with E-state index in [1.165, 1.54) is 0 Å². The molecule has 0 radical (unpaired) electrons. The van der Waals surface area contributed by atoms with Crippen LogP contribution >= 0.6 is 0 Å². The van der Waals surface area contributed by atoms with Crippen molar-refractivity contribution in [1.29, 1.82) is 0 Å². The largest absolute Gasteiger partial charge is 0.356 e. The summed E-state index contributed by atoms with van der Waals surface area (Å²) in [5, 5.41) is 7.24. The number of hydrogen-bond acceptors (Lipinski definition) is 3. The lowest BCUT2D eigenvalue weighted by molar-refractivity contribution is -0.121. The maximum Gasteiger partial charge on any atom is 0.220 e.